The quantitative estimate of drug-likeness (QED) is 0.421. The number of carbonyl (C=O) groups excluding carboxylic acids is 1. The van der Waals surface area contributed by atoms with Crippen LogP contribution in [0.5, 0.6) is 0 Å². The van der Waals surface area contributed by atoms with Crippen molar-refractivity contribution in [1.29, 1.82) is 0 Å². The molecule has 0 unspecified atom stereocenters. The molecule has 5 rings (SSSR count). The van der Waals surface area contributed by atoms with Crippen LogP contribution < -0.4 is 9.80 Å². The number of thiazole rings is 1. The second kappa shape index (κ2) is 8.57. The number of hydrogen-bond acceptors (Lipinski definition) is 6. The zero-order chi connectivity index (χ0) is 23.8. The van der Waals surface area contributed by atoms with Crippen LogP contribution in [-0.2, 0) is 4.79 Å². The summed E-state index contributed by atoms with van der Waals surface area (Å²) in [5, 5.41) is 9.75. The van der Waals surface area contributed by atoms with Crippen LogP contribution in [0.1, 0.15) is 21.5 Å². The maximum Gasteiger partial charge on any atom is 0.335 e. The van der Waals surface area contributed by atoms with Gasteiger partial charge >= 0.3 is 5.97 Å². The smallest absolute Gasteiger partial charge is 0.335 e. The van der Waals surface area contributed by atoms with Crippen molar-refractivity contribution in [2.24, 2.45) is 4.99 Å². The van der Waals surface area contributed by atoms with Gasteiger partial charge in [0.05, 0.1) is 15.8 Å². The summed E-state index contributed by atoms with van der Waals surface area (Å²) in [6.45, 7) is 0. The molecule has 1 amide bonds. The number of aliphatic imine (C=N–C) groups is 1. The molecule has 8 heteroatoms. The Morgan fingerprint density at radius 3 is 2.44 bits per heavy atom. The first-order chi connectivity index (χ1) is 16.4. The van der Waals surface area contributed by atoms with Gasteiger partial charge in [0.2, 0.25) is 0 Å². The molecule has 2 heterocycles. The molecule has 0 saturated heterocycles. The summed E-state index contributed by atoms with van der Waals surface area (Å²) in [6.07, 6.45) is 1.76. The number of carboxylic acid groups (broad SMARTS) is 1. The van der Waals surface area contributed by atoms with Crippen molar-refractivity contribution in [1.82, 2.24) is 4.98 Å². The molecular formula is C26H20N4O3S. The van der Waals surface area contributed by atoms with E-state index in [1.54, 1.807) is 18.2 Å². The first-order valence-electron chi connectivity index (χ1n) is 10.5. The van der Waals surface area contributed by atoms with Crippen molar-refractivity contribution < 1.29 is 14.7 Å². The highest BCUT2D eigenvalue weighted by atomic mass is 32.1. The fourth-order valence-corrected chi connectivity index (χ4v) is 4.65. The molecule has 0 bridgehead atoms. The molecule has 3 aromatic carbocycles. The van der Waals surface area contributed by atoms with Gasteiger partial charge in [-0.3, -0.25) is 4.79 Å². The predicted octanol–water partition coefficient (Wildman–Crippen LogP) is 4.90. The van der Waals surface area contributed by atoms with E-state index in [0.29, 0.717) is 26.9 Å². The summed E-state index contributed by atoms with van der Waals surface area (Å²) in [6, 6.07) is 22.1. The number of rotatable bonds is 5. The highest BCUT2D eigenvalue weighted by Gasteiger charge is 2.34. The SMILES string of the molecule is CN(C)c1ccc(C=C2N=C(c3ccccc3)N(c3nc4ccc(C(=O)O)cc4s3)C2=O)cc1. The molecule has 1 N–H and O–H groups in total. The number of fused-ring (bicyclic) bond motifs is 1. The third-order valence-corrected chi connectivity index (χ3v) is 6.42. The molecule has 1 aromatic heterocycles. The van der Waals surface area contributed by atoms with E-state index in [1.165, 1.54) is 22.3 Å². The third-order valence-electron chi connectivity index (χ3n) is 5.42. The Labute approximate surface area is 199 Å². The van der Waals surface area contributed by atoms with Crippen LogP contribution in [0.4, 0.5) is 10.8 Å². The number of carbonyl (C=O) groups is 2. The normalized spacial score (nSPS) is 14.6. The van der Waals surface area contributed by atoms with Crippen LogP contribution in [0.15, 0.2) is 83.5 Å². The fourth-order valence-electron chi connectivity index (χ4n) is 3.64. The molecule has 0 spiro atoms. The second-order valence-electron chi connectivity index (χ2n) is 7.94. The molecule has 34 heavy (non-hydrogen) atoms. The zero-order valence-electron chi connectivity index (χ0n) is 18.5. The summed E-state index contributed by atoms with van der Waals surface area (Å²) >= 11 is 1.26. The number of aromatic nitrogens is 1. The minimum absolute atomic E-state index is 0.175. The molecule has 0 radical (unpaired) electrons. The average Bonchev–Trinajstić information content (AvgIpc) is 3.40. The van der Waals surface area contributed by atoms with Gasteiger partial charge in [0.1, 0.15) is 11.5 Å². The summed E-state index contributed by atoms with van der Waals surface area (Å²) in [5.41, 5.74) is 3.82. The summed E-state index contributed by atoms with van der Waals surface area (Å²) in [5.74, 6) is -0.807. The Morgan fingerprint density at radius 1 is 1.03 bits per heavy atom. The first kappa shape index (κ1) is 21.5. The first-order valence-corrected chi connectivity index (χ1v) is 11.3. The lowest BCUT2D eigenvalue weighted by Gasteiger charge is -2.14. The lowest BCUT2D eigenvalue weighted by atomic mass is 10.1. The van der Waals surface area contributed by atoms with Gasteiger partial charge in [-0.25, -0.2) is 19.7 Å². The van der Waals surface area contributed by atoms with Crippen LogP contribution in [-0.4, -0.2) is 41.9 Å². The van der Waals surface area contributed by atoms with Crippen LogP contribution in [0.25, 0.3) is 16.3 Å². The van der Waals surface area contributed by atoms with E-state index in [4.69, 9.17) is 0 Å². The number of amidine groups is 1. The number of carboxylic acids is 1. The van der Waals surface area contributed by atoms with Crippen LogP contribution >= 0.6 is 11.3 Å². The van der Waals surface area contributed by atoms with Crippen molar-refractivity contribution in [2.75, 3.05) is 23.9 Å². The average molecular weight is 469 g/mol. The van der Waals surface area contributed by atoms with Gasteiger partial charge in [-0.15, -0.1) is 0 Å². The van der Waals surface area contributed by atoms with Gasteiger partial charge in [0.15, 0.2) is 5.13 Å². The van der Waals surface area contributed by atoms with Crippen molar-refractivity contribution in [3.8, 4) is 0 Å². The Kier molecular flexibility index (Phi) is 5.43. The monoisotopic (exact) mass is 468 g/mol. The largest absolute Gasteiger partial charge is 0.478 e. The molecular weight excluding hydrogens is 448 g/mol. The van der Waals surface area contributed by atoms with Crippen LogP contribution in [0, 0.1) is 0 Å². The van der Waals surface area contributed by atoms with Gasteiger partial charge in [0, 0.05) is 25.3 Å². The standard InChI is InChI=1S/C26H20N4O3S/c1-29(2)19-11-8-16(9-12-19)14-21-24(31)30(23(27-21)17-6-4-3-5-7-17)26-28-20-13-10-18(25(32)33)15-22(20)34-26/h3-15H,1-2H3,(H,32,33). The molecule has 0 atom stereocenters. The van der Waals surface area contributed by atoms with E-state index < -0.39 is 5.97 Å². The Bertz CT molecular complexity index is 1470. The number of anilines is 2. The van der Waals surface area contributed by atoms with Crippen molar-refractivity contribution in [3.05, 3.63) is 95.2 Å². The number of aromatic carboxylic acids is 1. The van der Waals surface area contributed by atoms with Gasteiger partial charge in [0.25, 0.3) is 5.91 Å². The number of benzene rings is 3. The Balaban J connectivity index is 1.59. The Hall–Kier alpha value is -4.30. The van der Waals surface area contributed by atoms with Crippen LogP contribution in [0.2, 0.25) is 0 Å². The van der Waals surface area contributed by atoms with Gasteiger partial charge in [-0.2, -0.15) is 0 Å². The lowest BCUT2D eigenvalue weighted by molar-refractivity contribution is -0.113. The third kappa shape index (κ3) is 3.95. The van der Waals surface area contributed by atoms with Gasteiger partial charge in [-0.05, 0) is 42.0 Å². The molecule has 4 aromatic rings. The van der Waals surface area contributed by atoms with E-state index in [-0.39, 0.29) is 11.5 Å². The summed E-state index contributed by atoms with van der Waals surface area (Å²) in [4.78, 5) is 37.7. The minimum Gasteiger partial charge on any atom is -0.478 e. The maximum absolute atomic E-state index is 13.5. The molecule has 0 saturated carbocycles. The fraction of sp³-hybridized carbons (Fsp3) is 0.0769. The molecule has 1 aliphatic rings. The predicted molar refractivity (Wildman–Crippen MR) is 136 cm³/mol. The van der Waals surface area contributed by atoms with Crippen molar-refractivity contribution in [2.45, 2.75) is 0 Å². The van der Waals surface area contributed by atoms with E-state index in [0.717, 1.165) is 16.8 Å². The van der Waals surface area contributed by atoms with E-state index >= 15 is 0 Å². The van der Waals surface area contributed by atoms with E-state index in [2.05, 4.69) is 9.98 Å². The molecule has 0 fully saturated rings. The van der Waals surface area contributed by atoms with E-state index in [9.17, 15) is 14.7 Å². The number of amides is 1. The summed E-state index contributed by atoms with van der Waals surface area (Å²) in [7, 11) is 3.94. The highest BCUT2D eigenvalue weighted by Crippen LogP contribution is 2.34. The molecule has 1 aliphatic heterocycles. The molecule has 7 nitrogen and oxygen atoms in total. The van der Waals surface area contributed by atoms with Gasteiger partial charge in [-0.1, -0.05) is 53.8 Å². The van der Waals surface area contributed by atoms with E-state index in [1.807, 2.05) is 73.6 Å². The van der Waals surface area contributed by atoms with Crippen molar-refractivity contribution >= 4 is 56.2 Å². The number of hydrogen-bond donors (Lipinski definition) is 1. The topological polar surface area (TPSA) is 86.1 Å². The highest BCUT2D eigenvalue weighted by molar-refractivity contribution is 7.22. The maximum atomic E-state index is 13.5. The summed E-state index contributed by atoms with van der Waals surface area (Å²) < 4.78 is 0.687. The molecule has 0 aliphatic carbocycles. The van der Waals surface area contributed by atoms with Gasteiger partial charge < -0.3 is 10.0 Å². The zero-order valence-corrected chi connectivity index (χ0v) is 19.3. The number of nitrogens with zero attached hydrogens (tertiary/aromatic N) is 4. The van der Waals surface area contributed by atoms with Crippen molar-refractivity contribution in [3.63, 3.8) is 0 Å². The molecule has 168 valence electrons. The Morgan fingerprint density at radius 2 is 1.76 bits per heavy atom. The lowest BCUT2D eigenvalue weighted by Crippen LogP contribution is -2.32. The minimum atomic E-state index is -1.01. The second-order valence-corrected chi connectivity index (χ2v) is 8.95. The van der Waals surface area contributed by atoms with Crippen LogP contribution in [0.3, 0.4) is 0 Å².